The number of carbonyl (C=O) groups is 2. The monoisotopic (exact) mass is 323 g/mol. The summed E-state index contributed by atoms with van der Waals surface area (Å²) in [5.41, 5.74) is 0.275. The van der Waals surface area contributed by atoms with Gasteiger partial charge in [0.05, 0.1) is 19.8 Å². The lowest BCUT2D eigenvalue weighted by atomic mass is 10.2. The Morgan fingerprint density at radius 1 is 1.00 bits per heavy atom. The molecule has 0 radical (unpaired) electrons. The Morgan fingerprint density at radius 3 is 2.22 bits per heavy atom. The van der Waals surface area contributed by atoms with Crippen molar-refractivity contribution < 1.29 is 23.8 Å². The first-order valence-corrected chi connectivity index (χ1v) is 7.77. The van der Waals surface area contributed by atoms with Crippen molar-refractivity contribution in [2.45, 2.75) is 32.6 Å². The maximum absolute atomic E-state index is 12.0. The number of esters is 1. The average Bonchev–Trinajstić information content (AvgIpc) is 2.58. The Balaban J connectivity index is 2.42. The van der Waals surface area contributed by atoms with Gasteiger partial charge in [0.2, 0.25) is 0 Å². The van der Waals surface area contributed by atoms with E-state index >= 15 is 0 Å². The summed E-state index contributed by atoms with van der Waals surface area (Å²) in [5.74, 6) is 0.0707. The van der Waals surface area contributed by atoms with Crippen molar-refractivity contribution in [3.05, 3.63) is 23.8 Å². The minimum Gasteiger partial charge on any atom is -0.497 e. The predicted octanol–water partition coefficient (Wildman–Crippen LogP) is 2.56. The minimum absolute atomic E-state index is 0.275. The number of unbranched alkanes of at least 4 members (excludes halogenated alkanes) is 3. The Bertz CT molecular complexity index is 493. The van der Waals surface area contributed by atoms with Crippen LogP contribution in [0.15, 0.2) is 18.2 Å². The number of hydrogen-bond acceptors (Lipinski definition) is 5. The van der Waals surface area contributed by atoms with Gasteiger partial charge in [0.1, 0.15) is 11.5 Å². The molecule has 0 atom stereocenters. The van der Waals surface area contributed by atoms with Crippen LogP contribution in [-0.2, 0) is 9.53 Å². The van der Waals surface area contributed by atoms with Crippen molar-refractivity contribution in [1.82, 2.24) is 5.32 Å². The van der Waals surface area contributed by atoms with Crippen molar-refractivity contribution in [1.29, 1.82) is 0 Å². The first-order chi connectivity index (χ1) is 11.1. The molecule has 0 saturated carbocycles. The number of rotatable bonds is 10. The first-order valence-electron chi connectivity index (χ1n) is 7.77. The Hall–Kier alpha value is -2.24. The van der Waals surface area contributed by atoms with E-state index in [4.69, 9.17) is 14.2 Å². The molecule has 0 aliphatic rings. The zero-order chi connectivity index (χ0) is 17.1. The molecule has 1 rings (SSSR count). The fourth-order valence-corrected chi connectivity index (χ4v) is 1.97. The fraction of sp³-hybridized carbons (Fsp3) is 0.529. The second kappa shape index (κ2) is 10.5. The highest BCUT2D eigenvalue weighted by atomic mass is 16.5. The van der Waals surface area contributed by atoms with E-state index in [0.29, 0.717) is 18.0 Å². The van der Waals surface area contributed by atoms with Crippen molar-refractivity contribution in [2.75, 3.05) is 27.4 Å². The molecule has 6 heteroatoms. The van der Waals surface area contributed by atoms with Crippen molar-refractivity contribution >= 4 is 11.9 Å². The predicted molar refractivity (Wildman–Crippen MR) is 87.0 cm³/mol. The van der Waals surface area contributed by atoms with Gasteiger partial charge in [0.15, 0.2) is 6.61 Å². The summed E-state index contributed by atoms with van der Waals surface area (Å²) >= 11 is 0. The van der Waals surface area contributed by atoms with E-state index in [-0.39, 0.29) is 18.1 Å². The highest BCUT2D eigenvalue weighted by molar-refractivity contribution is 5.92. The molecule has 23 heavy (non-hydrogen) atoms. The van der Waals surface area contributed by atoms with Crippen LogP contribution < -0.4 is 14.8 Å². The maximum Gasteiger partial charge on any atom is 0.338 e. The third-order valence-electron chi connectivity index (χ3n) is 3.27. The lowest BCUT2D eigenvalue weighted by Crippen LogP contribution is -2.29. The third-order valence-corrected chi connectivity index (χ3v) is 3.27. The SMILES string of the molecule is CCCCCCNC(=O)COC(=O)c1cc(OC)cc(OC)c1. The van der Waals surface area contributed by atoms with Crippen LogP contribution in [0.3, 0.4) is 0 Å². The van der Waals surface area contributed by atoms with Gasteiger partial charge in [-0.15, -0.1) is 0 Å². The van der Waals surface area contributed by atoms with Gasteiger partial charge in [-0.1, -0.05) is 26.2 Å². The molecule has 128 valence electrons. The van der Waals surface area contributed by atoms with Crippen LogP contribution in [0.4, 0.5) is 0 Å². The van der Waals surface area contributed by atoms with Gasteiger partial charge in [-0.05, 0) is 18.6 Å². The van der Waals surface area contributed by atoms with Gasteiger partial charge in [-0.25, -0.2) is 4.79 Å². The highest BCUT2D eigenvalue weighted by Crippen LogP contribution is 2.22. The molecule has 6 nitrogen and oxygen atoms in total. The van der Waals surface area contributed by atoms with E-state index in [1.807, 2.05) is 0 Å². The second-order valence-electron chi connectivity index (χ2n) is 5.09. The molecular weight excluding hydrogens is 298 g/mol. The normalized spacial score (nSPS) is 10.0. The molecule has 0 saturated heterocycles. The van der Waals surface area contributed by atoms with Crippen LogP contribution in [0.5, 0.6) is 11.5 Å². The molecule has 1 aromatic carbocycles. The number of nitrogens with one attached hydrogen (secondary N) is 1. The lowest BCUT2D eigenvalue weighted by Gasteiger charge is -2.09. The second-order valence-corrected chi connectivity index (χ2v) is 5.09. The molecule has 0 bridgehead atoms. The van der Waals surface area contributed by atoms with E-state index in [2.05, 4.69) is 12.2 Å². The number of benzene rings is 1. The summed E-state index contributed by atoms with van der Waals surface area (Å²) in [5, 5.41) is 2.73. The Morgan fingerprint density at radius 2 is 1.65 bits per heavy atom. The summed E-state index contributed by atoms with van der Waals surface area (Å²) in [6.45, 7) is 2.43. The molecule has 0 aliphatic carbocycles. The van der Waals surface area contributed by atoms with Crippen LogP contribution in [0.2, 0.25) is 0 Å². The van der Waals surface area contributed by atoms with Gasteiger partial charge < -0.3 is 19.5 Å². The Labute approximate surface area is 137 Å². The van der Waals surface area contributed by atoms with Crippen LogP contribution >= 0.6 is 0 Å². The smallest absolute Gasteiger partial charge is 0.338 e. The molecule has 0 fully saturated rings. The summed E-state index contributed by atoms with van der Waals surface area (Å²) in [6, 6.07) is 4.72. The zero-order valence-corrected chi connectivity index (χ0v) is 14.0. The van der Waals surface area contributed by atoms with Gasteiger partial charge in [-0.2, -0.15) is 0 Å². The van der Waals surface area contributed by atoms with Gasteiger partial charge in [-0.3, -0.25) is 4.79 Å². The van der Waals surface area contributed by atoms with Crippen LogP contribution in [0, 0.1) is 0 Å². The lowest BCUT2D eigenvalue weighted by molar-refractivity contribution is -0.124. The summed E-state index contributed by atoms with van der Waals surface area (Å²) in [7, 11) is 2.99. The van der Waals surface area contributed by atoms with Crippen molar-refractivity contribution in [3.63, 3.8) is 0 Å². The van der Waals surface area contributed by atoms with Gasteiger partial charge in [0, 0.05) is 12.6 Å². The van der Waals surface area contributed by atoms with Crippen LogP contribution in [-0.4, -0.2) is 39.2 Å². The molecule has 1 aromatic rings. The molecule has 0 heterocycles. The van der Waals surface area contributed by atoms with Crippen LogP contribution in [0.1, 0.15) is 43.0 Å². The van der Waals surface area contributed by atoms with Crippen molar-refractivity contribution in [3.8, 4) is 11.5 Å². The molecule has 0 aromatic heterocycles. The maximum atomic E-state index is 12.0. The average molecular weight is 323 g/mol. The zero-order valence-electron chi connectivity index (χ0n) is 14.0. The molecule has 1 N–H and O–H groups in total. The fourth-order valence-electron chi connectivity index (χ4n) is 1.97. The number of ether oxygens (including phenoxy) is 3. The van der Waals surface area contributed by atoms with Crippen molar-refractivity contribution in [2.24, 2.45) is 0 Å². The third kappa shape index (κ3) is 7.04. The van der Waals surface area contributed by atoms with E-state index in [1.165, 1.54) is 26.4 Å². The number of methoxy groups -OCH3 is 2. The number of carbonyl (C=O) groups excluding carboxylic acids is 2. The largest absolute Gasteiger partial charge is 0.497 e. The van der Waals surface area contributed by atoms with E-state index in [9.17, 15) is 9.59 Å². The number of amides is 1. The Kier molecular flexibility index (Phi) is 8.57. The summed E-state index contributed by atoms with van der Waals surface area (Å²) in [6.07, 6.45) is 4.32. The summed E-state index contributed by atoms with van der Waals surface area (Å²) in [4.78, 5) is 23.6. The molecule has 0 aliphatic heterocycles. The minimum atomic E-state index is -0.594. The van der Waals surface area contributed by atoms with E-state index < -0.39 is 5.97 Å². The first kappa shape index (κ1) is 18.8. The van der Waals surface area contributed by atoms with Gasteiger partial charge >= 0.3 is 5.97 Å². The molecular formula is C17H25NO5. The highest BCUT2D eigenvalue weighted by Gasteiger charge is 2.13. The van der Waals surface area contributed by atoms with Gasteiger partial charge in [0.25, 0.3) is 5.91 Å². The van der Waals surface area contributed by atoms with E-state index in [1.54, 1.807) is 6.07 Å². The van der Waals surface area contributed by atoms with Crippen LogP contribution in [0.25, 0.3) is 0 Å². The summed E-state index contributed by atoms with van der Waals surface area (Å²) < 4.78 is 15.2. The quantitative estimate of drug-likeness (QED) is 0.529. The topological polar surface area (TPSA) is 73.9 Å². The molecule has 0 unspecified atom stereocenters. The number of hydrogen-bond donors (Lipinski definition) is 1. The molecule has 0 spiro atoms. The standard InChI is InChI=1S/C17H25NO5/c1-4-5-6-7-8-18-16(19)12-23-17(20)13-9-14(21-2)11-15(10-13)22-3/h9-11H,4-8,12H2,1-3H3,(H,18,19). The molecule has 1 amide bonds. The van der Waals surface area contributed by atoms with E-state index in [0.717, 1.165) is 25.7 Å².